The summed E-state index contributed by atoms with van der Waals surface area (Å²) in [4.78, 5) is 17.2. The van der Waals surface area contributed by atoms with Gasteiger partial charge in [0.25, 0.3) is 5.91 Å². The van der Waals surface area contributed by atoms with E-state index in [-0.39, 0.29) is 11.7 Å². The van der Waals surface area contributed by atoms with Crippen LogP contribution in [0.1, 0.15) is 40.2 Å². The first-order valence-corrected chi connectivity index (χ1v) is 9.42. The average Bonchev–Trinajstić information content (AvgIpc) is 2.99. The Kier molecular flexibility index (Phi) is 4.76. The molecule has 138 valence electrons. The number of carbonyl (C=O) groups is 1. The molecule has 2 aliphatic rings. The van der Waals surface area contributed by atoms with E-state index < -0.39 is 0 Å². The third kappa shape index (κ3) is 3.38. The summed E-state index contributed by atoms with van der Waals surface area (Å²) in [5.74, 6) is -0.134. The second-order valence-electron chi connectivity index (χ2n) is 7.30. The van der Waals surface area contributed by atoms with Crippen molar-refractivity contribution in [2.75, 3.05) is 26.2 Å². The minimum Gasteiger partial charge on any atom is -0.335 e. The molecule has 1 aromatic heterocycles. The number of aromatic nitrogens is 2. The van der Waals surface area contributed by atoms with Gasteiger partial charge in [0.05, 0.1) is 0 Å². The molecular weight excluding hydrogens is 331 g/mol. The van der Waals surface area contributed by atoms with Crippen LogP contribution < -0.4 is 0 Å². The number of aryl methyl sites for hydroxylation is 1. The smallest absolute Gasteiger partial charge is 0.274 e. The highest BCUT2D eigenvalue weighted by Gasteiger charge is 2.29. The molecule has 0 spiro atoms. The summed E-state index contributed by atoms with van der Waals surface area (Å²) in [5.41, 5.74) is 4.01. The van der Waals surface area contributed by atoms with Crippen molar-refractivity contribution in [2.45, 2.75) is 32.2 Å². The number of amides is 1. The lowest BCUT2D eigenvalue weighted by Gasteiger charge is -2.34. The summed E-state index contributed by atoms with van der Waals surface area (Å²) in [6.07, 6.45) is 4.30. The number of piperazine rings is 1. The molecule has 1 aliphatic carbocycles. The van der Waals surface area contributed by atoms with E-state index >= 15 is 0 Å². The van der Waals surface area contributed by atoms with Crippen molar-refractivity contribution in [3.8, 4) is 0 Å². The molecule has 1 fully saturated rings. The van der Waals surface area contributed by atoms with Crippen molar-refractivity contribution in [2.24, 2.45) is 7.05 Å². The Morgan fingerprint density at radius 3 is 2.69 bits per heavy atom. The Morgan fingerprint density at radius 1 is 1.15 bits per heavy atom. The SMILES string of the molecule is Cn1nc(C(=O)N2CCN(Cc3cccc(F)c3)CC2)c2c1CCCC2. The van der Waals surface area contributed by atoms with Crippen molar-refractivity contribution in [3.05, 3.63) is 52.6 Å². The van der Waals surface area contributed by atoms with Crippen LogP contribution in [0.3, 0.4) is 0 Å². The molecule has 0 radical (unpaired) electrons. The molecular formula is C20H25FN4O. The van der Waals surface area contributed by atoms with Gasteiger partial charge in [0.2, 0.25) is 0 Å². The molecule has 4 rings (SSSR count). The van der Waals surface area contributed by atoms with Gasteiger partial charge in [-0.25, -0.2) is 4.39 Å². The van der Waals surface area contributed by atoms with Gasteiger partial charge >= 0.3 is 0 Å². The van der Waals surface area contributed by atoms with Gasteiger partial charge in [-0.1, -0.05) is 12.1 Å². The Morgan fingerprint density at radius 2 is 1.92 bits per heavy atom. The number of hydrogen-bond acceptors (Lipinski definition) is 3. The zero-order valence-electron chi connectivity index (χ0n) is 15.2. The van der Waals surface area contributed by atoms with E-state index in [0.29, 0.717) is 18.8 Å². The van der Waals surface area contributed by atoms with E-state index in [9.17, 15) is 9.18 Å². The Labute approximate surface area is 153 Å². The van der Waals surface area contributed by atoms with Crippen LogP contribution >= 0.6 is 0 Å². The molecule has 1 amide bonds. The van der Waals surface area contributed by atoms with Gasteiger partial charge in [0.15, 0.2) is 5.69 Å². The summed E-state index contributed by atoms with van der Waals surface area (Å²) in [6.45, 7) is 3.71. The molecule has 0 saturated carbocycles. The van der Waals surface area contributed by atoms with Gasteiger partial charge in [0.1, 0.15) is 5.82 Å². The summed E-state index contributed by atoms with van der Waals surface area (Å²) in [5, 5.41) is 4.53. The fraction of sp³-hybridized carbons (Fsp3) is 0.500. The lowest BCUT2D eigenvalue weighted by molar-refractivity contribution is 0.0620. The van der Waals surface area contributed by atoms with Crippen LogP contribution in [0.4, 0.5) is 4.39 Å². The lowest BCUT2D eigenvalue weighted by atomic mass is 9.95. The maximum Gasteiger partial charge on any atom is 0.274 e. The first-order chi connectivity index (χ1) is 12.6. The second kappa shape index (κ2) is 7.19. The van der Waals surface area contributed by atoms with Gasteiger partial charge in [-0.3, -0.25) is 14.4 Å². The predicted octanol–water partition coefficient (Wildman–Crippen LogP) is 2.40. The average molecular weight is 356 g/mol. The van der Waals surface area contributed by atoms with Crippen molar-refractivity contribution >= 4 is 5.91 Å². The number of nitrogens with zero attached hydrogens (tertiary/aromatic N) is 4. The number of carbonyl (C=O) groups excluding carboxylic acids is 1. The normalized spacial score (nSPS) is 18.0. The van der Waals surface area contributed by atoms with Gasteiger partial charge in [-0.2, -0.15) is 5.10 Å². The van der Waals surface area contributed by atoms with Gasteiger partial charge in [-0.05, 0) is 43.4 Å². The van der Waals surface area contributed by atoms with Crippen LogP contribution in [0.5, 0.6) is 0 Å². The minimum atomic E-state index is -0.198. The van der Waals surface area contributed by atoms with Crippen molar-refractivity contribution < 1.29 is 9.18 Å². The first kappa shape index (κ1) is 17.2. The molecule has 6 heteroatoms. The van der Waals surface area contributed by atoms with Crippen LogP contribution in [0.25, 0.3) is 0 Å². The van der Waals surface area contributed by atoms with Crippen LogP contribution in [0.15, 0.2) is 24.3 Å². The zero-order chi connectivity index (χ0) is 18.1. The monoisotopic (exact) mass is 356 g/mol. The third-order valence-corrected chi connectivity index (χ3v) is 5.52. The molecule has 0 unspecified atom stereocenters. The lowest BCUT2D eigenvalue weighted by Crippen LogP contribution is -2.48. The first-order valence-electron chi connectivity index (χ1n) is 9.42. The summed E-state index contributed by atoms with van der Waals surface area (Å²) >= 11 is 0. The minimum absolute atomic E-state index is 0.0640. The quantitative estimate of drug-likeness (QED) is 0.848. The van der Waals surface area contributed by atoms with Gasteiger partial charge < -0.3 is 4.90 Å². The molecule has 1 saturated heterocycles. The number of halogens is 1. The van der Waals surface area contributed by atoms with Gasteiger partial charge in [-0.15, -0.1) is 0 Å². The molecule has 5 nitrogen and oxygen atoms in total. The highest BCUT2D eigenvalue weighted by molar-refractivity contribution is 5.94. The standard InChI is InChI=1S/C20H25FN4O/c1-23-18-8-3-2-7-17(18)19(22-23)20(26)25-11-9-24(10-12-25)14-15-5-4-6-16(21)13-15/h4-6,13H,2-3,7-12,14H2,1H3. The van der Waals surface area contributed by atoms with Crippen LogP contribution in [0, 0.1) is 5.82 Å². The van der Waals surface area contributed by atoms with Gasteiger partial charge in [0, 0.05) is 51.0 Å². The summed E-state index contributed by atoms with van der Waals surface area (Å²) < 4.78 is 15.2. The van der Waals surface area contributed by atoms with E-state index in [0.717, 1.165) is 50.0 Å². The van der Waals surface area contributed by atoms with E-state index in [1.54, 1.807) is 12.1 Å². The summed E-state index contributed by atoms with van der Waals surface area (Å²) in [6, 6.07) is 6.74. The molecule has 2 aromatic rings. The third-order valence-electron chi connectivity index (χ3n) is 5.52. The zero-order valence-corrected chi connectivity index (χ0v) is 15.2. The molecule has 26 heavy (non-hydrogen) atoms. The Hall–Kier alpha value is -2.21. The molecule has 0 bridgehead atoms. The Bertz CT molecular complexity index is 808. The second-order valence-corrected chi connectivity index (χ2v) is 7.30. The van der Waals surface area contributed by atoms with Crippen molar-refractivity contribution in [1.29, 1.82) is 0 Å². The van der Waals surface area contributed by atoms with E-state index in [1.165, 1.54) is 18.2 Å². The fourth-order valence-electron chi connectivity index (χ4n) is 4.10. The van der Waals surface area contributed by atoms with E-state index in [4.69, 9.17) is 0 Å². The van der Waals surface area contributed by atoms with Crippen LogP contribution in [0.2, 0.25) is 0 Å². The number of benzene rings is 1. The highest BCUT2D eigenvalue weighted by atomic mass is 19.1. The highest BCUT2D eigenvalue weighted by Crippen LogP contribution is 2.25. The summed E-state index contributed by atoms with van der Waals surface area (Å²) in [7, 11) is 1.94. The molecule has 1 aliphatic heterocycles. The van der Waals surface area contributed by atoms with E-state index in [2.05, 4.69) is 10.00 Å². The molecule has 0 N–H and O–H groups in total. The number of rotatable bonds is 3. The maximum atomic E-state index is 13.3. The largest absolute Gasteiger partial charge is 0.335 e. The number of fused-ring (bicyclic) bond motifs is 1. The molecule has 0 atom stereocenters. The fourth-order valence-corrected chi connectivity index (χ4v) is 4.10. The number of hydrogen-bond donors (Lipinski definition) is 0. The topological polar surface area (TPSA) is 41.4 Å². The predicted molar refractivity (Wildman–Crippen MR) is 97.4 cm³/mol. The maximum absolute atomic E-state index is 13.3. The molecule has 2 heterocycles. The molecule has 1 aromatic carbocycles. The Balaban J connectivity index is 1.40. The van der Waals surface area contributed by atoms with Crippen molar-refractivity contribution in [1.82, 2.24) is 19.6 Å². The van der Waals surface area contributed by atoms with Crippen LogP contribution in [-0.2, 0) is 26.4 Å². The van der Waals surface area contributed by atoms with Crippen LogP contribution in [-0.4, -0.2) is 51.7 Å². The van der Waals surface area contributed by atoms with Crippen molar-refractivity contribution in [3.63, 3.8) is 0 Å². The van der Waals surface area contributed by atoms with E-state index in [1.807, 2.05) is 22.7 Å².